The maximum absolute atomic E-state index is 12.6. The van der Waals surface area contributed by atoms with Crippen molar-refractivity contribution in [3.63, 3.8) is 0 Å². The molecule has 5 rings (SSSR count). The van der Waals surface area contributed by atoms with Crippen LogP contribution in [0.25, 0.3) is 32.9 Å². The summed E-state index contributed by atoms with van der Waals surface area (Å²) in [5.74, 6) is 0.351. The number of amides is 1. The highest BCUT2D eigenvalue weighted by Gasteiger charge is 2.25. The van der Waals surface area contributed by atoms with Crippen LogP contribution in [-0.2, 0) is 0 Å². The molecule has 1 aliphatic carbocycles. The summed E-state index contributed by atoms with van der Waals surface area (Å²) < 4.78 is 2.11. The van der Waals surface area contributed by atoms with Crippen molar-refractivity contribution in [3.05, 3.63) is 48.7 Å². The van der Waals surface area contributed by atoms with Crippen LogP contribution in [0, 0.1) is 0 Å². The van der Waals surface area contributed by atoms with E-state index in [0.29, 0.717) is 17.6 Å². The van der Waals surface area contributed by atoms with Crippen LogP contribution in [0.4, 0.5) is 5.82 Å². The fraction of sp³-hybridized carbons (Fsp3) is 0.273. The molecule has 0 saturated heterocycles. The number of hydrogen-bond acceptors (Lipinski definition) is 5. The number of benzene rings is 1. The highest BCUT2D eigenvalue weighted by atomic mass is 16.2. The average molecular weight is 386 g/mol. The van der Waals surface area contributed by atoms with E-state index in [4.69, 9.17) is 5.73 Å². The maximum Gasteiger partial charge on any atom is 0.270 e. The lowest BCUT2D eigenvalue weighted by atomic mass is 10.0. The number of aromatic nitrogens is 4. The fourth-order valence-electron chi connectivity index (χ4n) is 3.73. The van der Waals surface area contributed by atoms with Crippen molar-refractivity contribution in [2.45, 2.75) is 38.8 Å². The number of carbonyl (C=O) groups excluding carboxylic acids is 1. The van der Waals surface area contributed by atoms with Crippen LogP contribution in [0.15, 0.2) is 43.0 Å². The van der Waals surface area contributed by atoms with Crippen LogP contribution in [0.1, 0.15) is 43.2 Å². The number of rotatable bonds is 4. The molecule has 0 atom stereocenters. The quantitative estimate of drug-likeness (QED) is 0.557. The molecular weight excluding hydrogens is 364 g/mol. The molecule has 29 heavy (non-hydrogen) atoms. The third-order valence-electron chi connectivity index (χ3n) is 5.40. The van der Waals surface area contributed by atoms with Crippen LogP contribution in [0.5, 0.6) is 0 Å². The van der Waals surface area contributed by atoms with Gasteiger partial charge in [0.15, 0.2) is 0 Å². The van der Waals surface area contributed by atoms with Gasteiger partial charge in [-0.3, -0.25) is 9.78 Å². The first-order valence-electron chi connectivity index (χ1n) is 9.84. The van der Waals surface area contributed by atoms with Crippen molar-refractivity contribution < 1.29 is 4.79 Å². The Labute approximate surface area is 168 Å². The number of nitrogens with two attached hydrogens (primary N) is 1. The zero-order valence-electron chi connectivity index (χ0n) is 16.4. The van der Waals surface area contributed by atoms with Gasteiger partial charge in [-0.1, -0.05) is 12.1 Å². The molecule has 7 nitrogen and oxygen atoms in total. The largest absolute Gasteiger partial charge is 0.383 e. The van der Waals surface area contributed by atoms with Crippen LogP contribution in [0.2, 0.25) is 0 Å². The monoisotopic (exact) mass is 386 g/mol. The molecular formula is C22H22N6O. The highest BCUT2D eigenvalue weighted by molar-refractivity contribution is 6.07. The molecule has 1 amide bonds. The zero-order valence-corrected chi connectivity index (χ0v) is 16.4. The molecule has 4 aromatic rings. The van der Waals surface area contributed by atoms with Crippen LogP contribution in [0.3, 0.4) is 0 Å². The average Bonchev–Trinajstić information content (AvgIpc) is 3.43. The van der Waals surface area contributed by atoms with Gasteiger partial charge in [0.1, 0.15) is 23.5 Å². The molecule has 0 radical (unpaired) electrons. The molecule has 3 N–H and O–H groups in total. The summed E-state index contributed by atoms with van der Waals surface area (Å²) in [6, 6.07) is 8.49. The van der Waals surface area contributed by atoms with E-state index >= 15 is 0 Å². The van der Waals surface area contributed by atoms with Crippen LogP contribution < -0.4 is 11.1 Å². The second-order valence-corrected chi connectivity index (χ2v) is 7.84. The first-order chi connectivity index (χ1) is 14.0. The van der Waals surface area contributed by atoms with Gasteiger partial charge in [-0.25, -0.2) is 9.97 Å². The first kappa shape index (κ1) is 17.6. The number of fused-ring (bicyclic) bond motifs is 2. The Balaban J connectivity index is 1.66. The Morgan fingerprint density at radius 2 is 2.03 bits per heavy atom. The van der Waals surface area contributed by atoms with Gasteiger partial charge in [0, 0.05) is 35.4 Å². The molecule has 7 heteroatoms. The van der Waals surface area contributed by atoms with E-state index in [9.17, 15) is 4.79 Å². The van der Waals surface area contributed by atoms with Gasteiger partial charge in [0.25, 0.3) is 5.91 Å². The van der Waals surface area contributed by atoms with Gasteiger partial charge in [-0.05, 0) is 49.8 Å². The summed E-state index contributed by atoms with van der Waals surface area (Å²) in [4.78, 5) is 25.5. The van der Waals surface area contributed by atoms with Crippen LogP contribution >= 0.6 is 0 Å². The third-order valence-corrected chi connectivity index (χ3v) is 5.40. The minimum atomic E-state index is -0.111. The summed E-state index contributed by atoms with van der Waals surface area (Å²) in [5.41, 5.74) is 9.48. The second-order valence-electron chi connectivity index (χ2n) is 7.84. The predicted octanol–water partition coefficient (Wildman–Crippen LogP) is 3.70. The number of carbonyl (C=O) groups is 1. The Morgan fingerprint density at radius 3 is 2.79 bits per heavy atom. The number of nitrogen functional groups attached to an aromatic ring is 1. The van der Waals surface area contributed by atoms with Gasteiger partial charge >= 0.3 is 0 Å². The molecule has 3 heterocycles. The van der Waals surface area contributed by atoms with E-state index in [-0.39, 0.29) is 11.9 Å². The van der Waals surface area contributed by atoms with Crippen LogP contribution in [-0.4, -0.2) is 31.5 Å². The first-order valence-corrected chi connectivity index (χ1v) is 9.84. The standard InChI is InChI=1S/C22H22N6O/c1-12(2)28-10-17(18-20(23)25-11-26-21(18)28)13-3-6-16-14(9-13)7-8-24-19(16)22(29)27-15-4-5-15/h3,6-12,15H,4-5H2,1-2H3,(H,27,29)(H2,23,25,26). The van der Waals surface area contributed by atoms with E-state index < -0.39 is 0 Å². The number of nitrogens with zero attached hydrogens (tertiary/aromatic N) is 4. The van der Waals surface area contributed by atoms with Gasteiger partial charge < -0.3 is 15.6 Å². The maximum atomic E-state index is 12.6. The Hall–Kier alpha value is -3.48. The van der Waals surface area contributed by atoms with Crippen molar-refractivity contribution in [1.82, 2.24) is 24.8 Å². The second kappa shape index (κ2) is 6.55. The number of hydrogen-bond donors (Lipinski definition) is 2. The number of anilines is 1. The molecule has 1 saturated carbocycles. The minimum Gasteiger partial charge on any atom is -0.383 e. The Morgan fingerprint density at radius 1 is 1.21 bits per heavy atom. The lowest BCUT2D eigenvalue weighted by Gasteiger charge is -2.08. The van der Waals surface area contributed by atoms with E-state index in [2.05, 4.69) is 50.9 Å². The molecule has 0 spiro atoms. The molecule has 0 bridgehead atoms. The third kappa shape index (κ3) is 2.99. The number of nitrogens with one attached hydrogen (secondary N) is 1. The highest BCUT2D eigenvalue weighted by Crippen LogP contribution is 2.35. The van der Waals surface area contributed by atoms with Gasteiger partial charge in [0.2, 0.25) is 0 Å². The van der Waals surface area contributed by atoms with Crippen molar-refractivity contribution >= 4 is 33.5 Å². The minimum absolute atomic E-state index is 0.111. The molecule has 146 valence electrons. The topological polar surface area (TPSA) is 98.7 Å². The molecule has 0 unspecified atom stereocenters. The van der Waals surface area contributed by atoms with Crippen molar-refractivity contribution in [1.29, 1.82) is 0 Å². The molecule has 3 aromatic heterocycles. The van der Waals surface area contributed by atoms with E-state index in [1.807, 2.05) is 18.2 Å². The molecule has 1 fully saturated rings. The molecule has 0 aliphatic heterocycles. The smallest absolute Gasteiger partial charge is 0.270 e. The van der Waals surface area contributed by atoms with Gasteiger partial charge in [-0.2, -0.15) is 0 Å². The van der Waals surface area contributed by atoms with E-state index in [0.717, 1.165) is 45.8 Å². The Bertz CT molecular complexity index is 1260. The summed E-state index contributed by atoms with van der Waals surface area (Å²) in [6.07, 6.45) is 7.34. The summed E-state index contributed by atoms with van der Waals surface area (Å²) in [5, 5.41) is 5.66. The summed E-state index contributed by atoms with van der Waals surface area (Å²) >= 11 is 0. The normalized spacial score (nSPS) is 14.0. The lowest BCUT2D eigenvalue weighted by Crippen LogP contribution is -2.26. The van der Waals surface area contributed by atoms with Gasteiger partial charge in [0.05, 0.1) is 5.39 Å². The molecule has 1 aliphatic rings. The summed E-state index contributed by atoms with van der Waals surface area (Å²) in [7, 11) is 0. The van der Waals surface area contributed by atoms with Gasteiger partial charge in [-0.15, -0.1) is 0 Å². The fourth-order valence-corrected chi connectivity index (χ4v) is 3.73. The summed E-state index contributed by atoms with van der Waals surface area (Å²) in [6.45, 7) is 4.22. The lowest BCUT2D eigenvalue weighted by molar-refractivity contribution is 0.0948. The zero-order chi connectivity index (χ0) is 20.1. The predicted molar refractivity (Wildman–Crippen MR) is 114 cm³/mol. The number of pyridine rings is 1. The van der Waals surface area contributed by atoms with Crippen molar-refractivity contribution in [2.24, 2.45) is 0 Å². The Kier molecular flexibility index (Phi) is 3.97. The van der Waals surface area contributed by atoms with Crippen molar-refractivity contribution in [2.75, 3.05) is 5.73 Å². The van der Waals surface area contributed by atoms with E-state index in [1.165, 1.54) is 6.33 Å². The van der Waals surface area contributed by atoms with E-state index in [1.54, 1.807) is 6.20 Å². The SMILES string of the molecule is CC(C)n1cc(-c2ccc3c(C(=O)NC4CC4)nccc3c2)c2c(N)ncnc21. The van der Waals surface area contributed by atoms with Crippen molar-refractivity contribution in [3.8, 4) is 11.1 Å². The molecule has 1 aromatic carbocycles.